The number of aromatic nitrogens is 1. The van der Waals surface area contributed by atoms with Gasteiger partial charge in [0.2, 0.25) is 10.0 Å². The second-order valence-electron chi connectivity index (χ2n) is 5.66. The van der Waals surface area contributed by atoms with Crippen LogP contribution >= 0.6 is 15.9 Å². The van der Waals surface area contributed by atoms with Crippen LogP contribution in [0.5, 0.6) is 0 Å². The number of sulfonamides is 1. The van der Waals surface area contributed by atoms with Crippen molar-refractivity contribution in [1.29, 1.82) is 0 Å². The Morgan fingerprint density at radius 2 is 1.95 bits per heavy atom. The fraction of sp³-hybridized carbons (Fsp3) is 0.615. The van der Waals surface area contributed by atoms with Crippen LogP contribution in [0, 0.1) is 0 Å². The third-order valence-corrected chi connectivity index (χ3v) is 6.14. The second kappa shape index (κ2) is 5.73. The van der Waals surface area contributed by atoms with Crippen LogP contribution in [0.3, 0.4) is 0 Å². The van der Waals surface area contributed by atoms with E-state index in [0.717, 1.165) is 49.3 Å². The molecule has 2 aliphatic rings. The molecule has 1 N–H and O–H groups in total. The number of halogens is 1. The number of anilines is 2. The van der Waals surface area contributed by atoms with E-state index < -0.39 is 10.0 Å². The molecular weight excluding hydrogens is 356 g/mol. The van der Waals surface area contributed by atoms with Gasteiger partial charge in [-0.15, -0.1) is 0 Å². The fourth-order valence-electron chi connectivity index (χ4n) is 2.39. The van der Waals surface area contributed by atoms with E-state index in [1.165, 1.54) is 0 Å². The smallest absolute Gasteiger partial charge is 0.235 e. The molecule has 1 aliphatic heterocycles. The number of nitrogens with one attached hydrogen (secondary N) is 1. The largest absolute Gasteiger partial charge is 0.352 e. The van der Waals surface area contributed by atoms with Gasteiger partial charge in [-0.25, -0.2) is 13.4 Å². The first-order valence-electron chi connectivity index (χ1n) is 7.06. The van der Waals surface area contributed by atoms with Gasteiger partial charge in [0.05, 0.1) is 10.9 Å². The van der Waals surface area contributed by atoms with Crippen molar-refractivity contribution in [2.75, 3.05) is 42.8 Å². The highest BCUT2D eigenvalue weighted by Gasteiger charge is 2.36. The maximum absolute atomic E-state index is 12.2. The highest BCUT2D eigenvalue weighted by molar-refractivity contribution is 9.10. The quantitative estimate of drug-likeness (QED) is 0.864. The Kier molecular flexibility index (Phi) is 4.11. The van der Waals surface area contributed by atoms with Gasteiger partial charge in [0.15, 0.2) is 5.82 Å². The Bertz CT molecular complexity index is 625. The van der Waals surface area contributed by atoms with Crippen LogP contribution in [0.2, 0.25) is 0 Å². The highest BCUT2D eigenvalue weighted by atomic mass is 79.9. The lowest BCUT2D eigenvalue weighted by Gasteiger charge is -2.34. The molecular formula is C13H19BrN4O2S. The van der Waals surface area contributed by atoms with Crippen molar-refractivity contribution in [1.82, 2.24) is 9.88 Å². The molecule has 8 heteroatoms. The topological polar surface area (TPSA) is 65.5 Å². The van der Waals surface area contributed by atoms with E-state index in [9.17, 15) is 8.42 Å². The standard InChI is InChI=1S/C13H19BrN4O2S/c1-17-4-6-18(7-5-17)13-12(8-10(14)9-15-13)16-21(19,20)11-2-3-11/h8-9,11,16H,2-7H2,1H3. The van der Waals surface area contributed by atoms with Crippen LogP contribution in [0.4, 0.5) is 11.5 Å². The van der Waals surface area contributed by atoms with Gasteiger partial charge in [0, 0.05) is 36.8 Å². The Labute approximate surface area is 133 Å². The van der Waals surface area contributed by atoms with E-state index in [4.69, 9.17) is 0 Å². The molecule has 0 bridgehead atoms. The summed E-state index contributed by atoms with van der Waals surface area (Å²) in [5.41, 5.74) is 0.570. The third kappa shape index (κ3) is 3.49. The summed E-state index contributed by atoms with van der Waals surface area (Å²) < 4.78 is 27.9. The predicted octanol–water partition coefficient (Wildman–Crippen LogP) is 1.50. The van der Waals surface area contributed by atoms with Crippen molar-refractivity contribution in [2.45, 2.75) is 18.1 Å². The molecule has 1 aromatic heterocycles. The number of hydrogen-bond donors (Lipinski definition) is 1. The van der Waals surface area contributed by atoms with Crippen molar-refractivity contribution < 1.29 is 8.42 Å². The molecule has 2 heterocycles. The molecule has 0 unspecified atom stereocenters. The van der Waals surface area contributed by atoms with E-state index >= 15 is 0 Å². The van der Waals surface area contributed by atoms with Crippen LogP contribution in [0.15, 0.2) is 16.7 Å². The SMILES string of the molecule is CN1CCN(c2ncc(Br)cc2NS(=O)(=O)C2CC2)CC1. The molecule has 3 rings (SSSR count). The molecule has 1 saturated carbocycles. The highest BCUT2D eigenvalue weighted by Crippen LogP contribution is 2.33. The molecule has 0 amide bonds. The number of rotatable bonds is 4. The van der Waals surface area contributed by atoms with Gasteiger partial charge in [-0.3, -0.25) is 4.72 Å². The molecule has 0 atom stereocenters. The molecule has 2 fully saturated rings. The summed E-state index contributed by atoms with van der Waals surface area (Å²) in [7, 11) is -1.19. The van der Waals surface area contributed by atoms with E-state index in [-0.39, 0.29) is 5.25 Å². The molecule has 21 heavy (non-hydrogen) atoms. The van der Waals surface area contributed by atoms with Gasteiger partial charge in [0.1, 0.15) is 0 Å². The van der Waals surface area contributed by atoms with Crippen molar-refractivity contribution in [3.05, 3.63) is 16.7 Å². The maximum atomic E-state index is 12.2. The number of nitrogens with zero attached hydrogens (tertiary/aromatic N) is 3. The Morgan fingerprint density at radius 3 is 2.57 bits per heavy atom. The zero-order valence-electron chi connectivity index (χ0n) is 11.9. The third-order valence-electron chi connectivity index (χ3n) is 3.85. The van der Waals surface area contributed by atoms with Gasteiger partial charge in [-0.05, 0) is 41.9 Å². The molecule has 0 spiro atoms. The van der Waals surface area contributed by atoms with Crippen molar-refractivity contribution in [2.24, 2.45) is 0 Å². The minimum absolute atomic E-state index is 0.239. The minimum Gasteiger partial charge on any atom is -0.352 e. The summed E-state index contributed by atoms with van der Waals surface area (Å²) in [4.78, 5) is 8.81. The van der Waals surface area contributed by atoms with Gasteiger partial charge >= 0.3 is 0 Å². The molecule has 1 aliphatic carbocycles. The number of piperazine rings is 1. The average molecular weight is 375 g/mol. The maximum Gasteiger partial charge on any atom is 0.235 e. The first-order chi connectivity index (χ1) is 9.95. The van der Waals surface area contributed by atoms with E-state index in [2.05, 4.69) is 42.5 Å². The average Bonchev–Trinajstić information content (AvgIpc) is 3.24. The Hall–Kier alpha value is -0.860. The van der Waals surface area contributed by atoms with E-state index in [0.29, 0.717) is 5.69 Å². The van der Waals surface area contributed by atoms with Gasteiger partial charge in [0.25, 0.3) is 0 Å². The lowest BCUT2D eigenvalue weighted by molar-refractivity contribution is 0.312. The Balaban J connectivity index is 1.86. The lowest BCUT2D eigenvalue weighted by Crippen LogP contribution is -2.45. The van der Waals surface area contributed by atoms with Crippen LogP contribution in [-0.4, -0.2) is 56.8 Å². The Morgan fingerprint density at radius 1 is 1.29 bits per heavy atom. The van der Waals surface area contributed by atoms with Crippen LogP contribution in [-0.2, 0) is 10.0 Å². The first kappa shape index (κ1) is 15.1. The molecule has 0 aromatic carbocycles. The van der Waals surface area contributed by atoms with Crippen LogP contribution < -0.4 is 9.62 Å². The summed E-state index contributed by atoms with van der Waals surface area (Å²) in [5, 5.41) is -0.239. The zero-order chi connectivity index (χ0) is 15.0. The summed E-state index contributed by atoms with van der Waals surface area (Å²) in [6, 6.07) is 1.79. The van der Waals surface area contributed by atoms with Crippen molar-refractivity contribution in [3.8, 4) is 0 Å². The normalized spacial score (nSPS) is 20.6. The lowest BCUT2D eigenvalue weighted by atomic mass is 10.3. The molecule has 1 saturated heterocycles. The van der Waals surface area contributed by atoms with Crippen molar-refractivity contribution >= 4 is 37.5 Å². The van der Waals surface area contributed by atoms with Gasteiger partial charge in [-0.1, -0.05) is 0 Å². The number of pyridine rings is 1. The second-order valence-corrected chi connectivity index (χ2v) is 8.54. The minimum atomic E-state index is -3.28. The number of likely N-dealkylation sites (N-methyl/N-ethyl adjacent to an activating group) is 1. The van der Waals surface area contributed by atoms with Crippen LogP contribution in [0.25, 0.3) is 0 Å². The van der Waals surface area contributed by atoms with Crippen molar-refractivity contribution in [3.63, 3.8) is 0 Å². The van der Waals surface area contributed by atoms with E-state index in [1.54, 1.807) is 12.3 Å². The summed E-state index contributed by atoms with van der Waals surface area (Å²) in [6.45, 7) is 3.60. The zero-order valence-corrected chi connectivity index (χ0v) is 14.3. The fourth-order valence-corrected chi connectivity index (χ4v) is 4.10. The molecule has 0 radical (unpaired) electrons. The molecule has 116 valence electrons. The summed E-state index contributed by atoms with van der Waals surface area (Å²) in [6.07, 6.45) is 3.21. The summed E-state index contributed by atoms with van der Waals surface area (Å²) >= 11 is 3.37. The van der Waals surface area contributed by atoms with E-state index in [1.807, 2.05) is 0 Å². The predicted molar refractivity (Wildman–Crippen MR) is 87.2 cm³/mol. The van der Waals surface area contributed by atoms with Gasteiger partial charge < -0.3 is 9.80 Å². The number of hydrogen-bond acceptors (Lipinski definition) is 5. The van der Waals surface area contributed by atoms with Gasteiger partial charge in [-0.2, -0.15) is 0 Å². The summed E-state index contributed by atoms with van der Waals surface area (Å²) in [5.74, 6) is 0.718. The first-order valence-corrected chi connectivity index (χ1v) is 9.40. The molecule has 1 aromatic rings. The molecule has 6 nitrogen and oxygen atoms in total. The van der Waals surface area contributed by atoms with Crippen LogP contribution in [0.1, 0.15) is 12.8 Å². The monoisotopic (exact) mass is 374 g/mol.